The Hall–Kier alpha value is -3.40. The first kappa shape index (κ1) is 25.7. The molecule has 1 aliphatic carbocycles. The van der Waals surface area contributed by atoms with E-state index in [0.29, 0.717) is 13.0 Å². The number of nitrogens with one attached hydrogen (secondary N) is 1. The van der Waals surface area contributed by atoms with Crippen molar-refractivity contribution in [3.05, 3.63) is 107 Å². The average Bonchev–Trinajstić information content (AvgIpc) is 2.92. The Morgan fingerprint density at radius 2 is 1.39 bits per heavy atom. The third kappa shape index (κ3) is 6.63. The van der Waals surface area contributed by atoms with Gasteiger partial charge in [0.15, 0.2) is 0 Å². The third-order valence-corrected chi connectivity index (χ3v) is 7.50. The van der Waals surface area contributed by atoms with E-state index in [-0.39, 0.29) is 23.8 Å². The van der Waals surface area contributed by atoms with Crippen LogP contribution in [0.15, 0.2) is 84.9 Å². The molecule has 0 aromatic heterocycles. The molecule has 1 aliphatic rings. The van der Waals surface area contributed by atoms with Crippen molar-refractivity contribution >= 4 is 11.8 Å². The molecule has 4 rings (SSSR count). The lowest BCUT2D eigenvalue weighted by molar-refractivity contribution is -0.141. The summed E-state index contributed by atoms with van der Waals surface area (Å²) in [5.41, 5.74) is 4.40. The normalized spacial score (nSPS) is 14.9. The van der Waals surface area contributed by atoms with Crippen molar-refractivity contribution in [2.24, 2.45) is 0 Å². The summed E-state index contributed by atoms with van der Waals surface area (Å²) in [5.74, 6) is -0.144. The second-order valence-corrected chi connectivity index (χ2v) is 10.0. The number of hydrogen-bond acceptors (Lipinski definition) is 2. The van der Waals surface area contributed by atoms with Crippen LogP contribution in [-0.4, -0.2) is 28.8 Å². The number of amides is 2. The number of carbonyl (C=O) groups excluding carboxylic acids is 2. The Morgan fingerprint density at radius 1 is 0.833 bits per heavy atom. The van der Waals surface area contributed by atoms with Gasteiger partial charge in [0, 0.05) is 24.9 Å². The molecular formula is C32H38N2O2. The van der Waals surface area contributed by atoms with Gasteiger partial charge in [0.1, 0.15) is 6.04 Å². The van der Waals surface area contributed by atoms with Gasteiger partial charge in [-0.25, -0.2) is 0 Å². The molecule has 4 nitrogen and oxygen atoms in total. The van der Waals surface area contributed by atoms with Crippen LogP contribution in [0, 0.1) is 6.92 Å². The van der Waals surface area contributed by atoms with Gasteiger partial charge < -0.3 is 10.2 Å². The van der Waals surface area contributed by atoms with E-state index in [0.717, 1.165) is 47.9 Å². The largest absolute Gasteiger partial charge is 0.352 e. The van der Waals surface area contributed by atoms with Crippen LogP contribution in [0.2, 0.25) is 0 Å². The summed E-state index contributed by atoms with van der Waals surface area (Å²) < 4.78 is 0. The smallest absolute Gasteiger partial charge is 0.242 e. The first-order valence-corrected chi connectivity index (χ1v) is 13.3. The lowest BCUT2D eigenvalue weighted by Gasteiger charge is -2.32. The highest BCUT2D eigenvalue weighted by Crippen LogP contribution is 2.29. The Kier molecular flexibility index (Phi) is 8.94. The number of rotatable bonds is 9. The predicted molar refractivity (Wildman–Crippen MR) is 146 cm³/mol. The molecule has 2 amide bonds. The summed E-state index contributed by atoms with van der Waals surface area (Å²) in [6.45, 7) is 4.34. The fraction of sp³-hybridized carbons (Fsp3) is 0.375. The van der Waals surface area contributed by atoms with Crippen LogP contribution < -0.4 is 5.32 Å². The number of hydrogen-bond donors (Lipinski definition) is 1. The molecular weight excluding hydrogens is 444 g/mol. The fourth-order valence-electron chi connectivity index (χ4n) is 5.21. The van der Waals surface area contributed by atoms with Gasteiger partial charge in [-0.1, -0.05) is 104 Å². The van der Waals surface area contributed by atoms with Gasteiger partial charge in [0.2, 0.25) is 11.8 Å². The van der Waals surface area contributed by atoms with Crippen molar-refractivity contribution in [1.29, 1.82) is 0 Å². The number of benzene rings is 3. The zero-order valence-electron chi connectivity index (χ0n) is 21.5. The summed E-state index contributed by atoms with van der Waals surface area (Å²) in [6.07, 6.45) is 5.89. The molecule has 36 heavy (non-hydrogen) atoms. The number of nitrogens with zero attached hydrogens (tertiary/aromatic N) is 1. The van der Waals surface area contributed by atoms with Crippen molar-refractivity contribution in [3.63, 3.8) is 0 Å². The minimum absolute atomic E-state index is 0.0118. The summed E-state index contributed by atoms with van der Waals surface area (Å²) in [7, 11) is 0. The summed E-state index contributed by atoms with van der Waals surface area (Å²) in [5, 5.41) is 3.24. The second-order valence-electron chi connectivity index (χ2n) is 10.0. The minimum atomic E-state index is -0.550. The summed E-state index contributed by atoms with van der Waals surface area (Å²) >= 11 is 0. The second kappa shape index (κ2) is 12.5. The van der Waals surface area contributed by atoms with Crippen LogP contribution in [0.5, 0.6) is 0 Å². The van der Waals surface area contributed by atoms with Crippen molar-refractivity contribution in [2.45, 2.75) is 76.9 Å². The SMILES string of the molecule is Cc1ccccc1CN(C(=O)CC(c1ccccc1)c1ccccc1)C(C)C(=O)NC1CCCCC1. The minimum Gasteiger partial charge on any atom is -0.352 e. The Balaban J connectivity index is 1.60. The highest BCUT2D eigenvalue weighted by atomic mass is 16.2. The van der Waals surface area contributed by atoms with Gasteiger partial charge in [-0.05, 0) is 48.9 Å². The molecule has 0 saturated heterocycles. The predicted octanol–water partition coefficient (Wildman–Crippen LogP) is 6.38. The molecule has 3 aromatic rings. The van der Waals surface area contributed by atoms with Gasteiger partial charge in [-0.15, -0.1) is 0 Å². The standard InChI is InChI=1S/C32H38N2O2/c1-24-14-12-13-19-28(24)23-34(25(2)32(36)33-29-20-10-5-11-21-29)31(35)22-30(26-15-6-3-7-16-26)27-17-8-4-9-18-27/h3-4,6-9,12-19,25,29-30H,5,10-11,20-23H2,1-2H3,(H,33,36). The zero-order chi connectivity index (χ0) is 25.3. The van der Waals surface area contributed by atoms with Crippen LogP contribution in [0.3, 0.4) is 0 Å². The van der Waals surface area contributed by atoms with E-state index in [1.165, 1.54) is 6.42 Å². The van der Waals surface area contributed by atoms with E-state index in [9.17, 15) is 9.59 Å². The van der Waals surface area contributed by atoms with Gasteiger partial charge in [-0.2, -0.15) is 0 Å². The molecule has 0 spiro atoms. The summed E-state index contributed by atoms with van der Waals surface area (Å²) in [4.78, 5) is 29.1. The monoisotopic (exact) mass is 482 g/mol. The van der Waals surface area contributed by atoms with Crippen molar-refractivity contribution in [2.75, 3.05) is 0 Å². The van der Waals surface area contributed by atoms with Crippen LogP contribution in [0.4, 0.5) is 0 Å². The van der Waals surface area contributed by atoms with E-state index >= 15 is 0 Å². The molecule has 1 atom stereocenters. The zero-order valence-corrected chi connectivity index (χ0v) is 21.5. The molecule has 0 radical (unpaired) electrons. The highest BCUT2D eigenvalue weighted by molar-refractivity contribution is 5.88. The first-order valence-electron chi connectivity index (χ1n) is 13.3. The lowest BCUT2D eigenvalue weighted by Crippen LogP contribution is -2.50. The quantitative estimate of drug-likeness (QED) is 0.385. The average molecular weight is 483 g/mol. The molecule has 0 aliphatic heterocycles. The highest BCUT2D eigenvalue weighted by Gasteiger charge is 2.30. The number of carbonyl (C=O) groups is 2. The molecule has 3 aromatic carbocycles. The molecule has 0 bridgehead atoms. The van der Waals surface area contributed by atoms with Crippen molar-refractivity contribution in [1.82, 2.24) is 10.2 Å². The van der Waals surface area contributed by atoms with Gasteiger partial charge in [0.05, 0.1) is 0 Å². The van der Waals surface area contributed by atoms with Crippen LogP contribution >= 0.6 is 0 Å². The Morgan fingerprint density at radius 3 is 1.97 bits per heavy atom. The van der Waals surface area contributed by atoms with Crippen molar-refractivity contribution in [3.8, 4) is 0 Å². The third-order valence-electron chi connectivity index (χ3n) is 7.50. The van der Waals surface area contributed by atoms with E-state index in [4.69, 9.17) is 0 Å². The van der Waals surface area contributed by atoms with Gasteiger partial charge in [0.25, 0.3) is 0 Å². The summed E-state index contributed by atoms with van der Waals surface area (Å²) in [6, 6.07) is 28.1. The fourth-order valence-corrected chi connectivity index (χ4v) is 5.21. The van der Waals surface area contributed by atoms with Crippen molar-refractivity contribution < 1.29 is 9.59 Å². The lowest BCUT2D eigenvalue weighted by atomic mass is 9.88. The van der Waals surface area contributed by atoms with Gasteiger partial charge in [-0.3, -0.25) is 9.59 Å². The van der Waals surface area contributed by atoms with E-state index in [1.54, 1.807) is 4.90 Å². The first-order chi connectivity index (χ1) is 17.5. The van der Waals surface area contributed by atoms with E-state index in [1.807, 2.05) is 61.5 Å². The maximum Gasteiger partial charge on any atom is 0.242 e. The van der Waals surface area contributed by atoms with Crippen LogP contribution in [-0.2, 0) is 16.1 Å². The Labute approximate surface area is 215 Å². The molecule has 4 heteroatoms. The molecule has 1 saturated carbocycles. The maximum atomic E-state index is 14.0. The molecule has 1 unspecified atom stereocenters. The maximum absolute atomic E-state index is 14.0. The molecule has 188 valence electrons. The number of aryl methyl sites for hydroxylation is 1. The van der Waals surface area contributed by atoms with E-state index in [2.05, 4.69) is 42.6 Å². The molecule has 1 N–H and O–H groups in total. The topological polar surface area (TPSA) is 49.4 Å². The van der Waals surface area contributed by atoms with E-state index < -0.39 is 6.04 Å². The molecule has 1 fully saturated rings. The van der Waals surface area contributed by atoms with Gasteiger partial charge >= 0.3 is 0 Å². The van der Waals surface area contributed by atoms with Crippen LogP contribution in [0.1, 0.15) is 73.6 Å². The van der Waals surface area contributed by atoms with Crippen LogP contribution in [0.25, 0.3) is 0 Å². The Bertz CT molecular complexity index is 1080. The molecule has 0 heterocycles.